The number of amides is 1. The van der Waals surface area contributed by atoms with Crippen molar-refractivity contribution in [3.63, 3.8) is 0 Å². The minimum atomic E-state index is -0.762. The first-order valence-electron chi connectivity index (χ1n) is 8.88. The van der Waals surface area contributed by atoms with E-state index in [1.54, 1.807) is 37.3 Å². The lowest BCUT2D eigenvalue weighted by atomic mass is 10.2. The number of rotatable bonds is 5. The highest BCUT2D eigenvalue weighted by atomic mass is 35.5. The van der Waals surface area contributed by atoms with Gasteiger partial charge in [0.25, 0.3) is 5.91 Å². The van der Waals surface area contributed by atoms with Crippen molar-refractivity contribution in [3.05, 3.63) is 76.8 Å². The predicted molar refractivity (Wildman–Crippen MR) is 115 cm³/mol. The number of fused-ring (bicyclic) bond motifs is 1. The summed E-state index contributed by atoms with van der Waals surface area (Å²) >= 11 is 12.0. The van der Waals surface area contributed by atoms with E-state index in [1.807, 2.05) is 36.4 Å². The number of anilines is 1. The van der Waals surface area contributed by atoms with E-state index < -0.39 is 6.10 Å². The first-order valence-corrected chi connectivity index (χ1v) is 9.64. The summed E-state index contributed by atoms with van der Waals surface area (Å²) < 4.78 is 11.4. The summed E-state index contributed by atoms with van der Waals surface area (Å²) in [5.74, 6) is 0.559. The molecule has 0 spiro atoms. The van der Waals surface area contributed by atoms with Crippen LogP contribution in [0.3, 0.4) is 0 Å². The molecule has 0 saturated heterocycles. The number of para-hydroxylation sites is 2. The Bertz CT molecular complexity index is 1160. The van der Waals surface area contributed by atoms with Crippen LogP contribution in [0.25, 0.3) is 22.6 Å². The maximum Gasteiger partial charge on any atom is 0.265 e. The summed E-state index contributed by atoms with van der Waals surface area (Å²) in [5.41, 5.74) is 2.85. The van der Waals surface area contributed by atoms with Gasteiger partial charge in [0.05, 0.1) is 5.02 Å². The third kappa shape index (κ3) is 4.36. The van der Waals surface area contributed by atoms with Crippen LogP contribution in [0.4, 0.5) is 5.69 Å². The Kier molecular flexibility index (Phi) is 5.43. The third-order valence-corrected chi connectivity index (χ3v) is 4.77. The van der Waals surface area contributed by atoms with Crippen molar-refractivity contribution < 1.29 is 13.9 Å². The second kappa shape index (κ2) is 8.15. The highest BCUT2D eigenvalue weighted by Gasteiger charge is 2.17. The van der Waals surface area contributed by atoms with Crippen LogP contribution in [0.5, 0.6) is 5.75 Å². The molecule has 4 rings (SSSR count). The summed E-state index contributed by atoms with van der Waals surface area (Å²) in [6.07, 6.45) is -0.762. The molecular formula is C22H16Cl2N2O3. The van der Waals surface area contributed by atoms with Crippen molar-refractivity contribution in [2.45, 2.75) is 13.0 Å². The van der Waals surface area contributed by atoms with Crippen molar-refractivity contribution in [3.8, 4) is 17.2 Å². The molecule has 0 saturated carbocycles. The number of halogens is 2. The number of nitrogens with one attached hydrogen (secondary N) is 1. The van der Waals surface area contributed by atoms with Crippen LogP contribution < -0.4 is 10.1 Å². The minimum Gasteiger partial charge on any atom is -0.479 e. The molecule has 0 radical (unpaired) electrons. The molecule has 1 amide bonds. The number of ether oxygens (including phenoxy) is 1. The van der Waals surface area contributed by atoms with Gasteiger partial charge in [-0.3, -0.25) is 4.79 Å². The van der Waals surface area contributed by atoms with Gasteiger partial charge in [-0.15, -0.1) is 0 Å². The normalized spacial score (nSPS) is 12.0. The molecular weight excluding hydrogens is 411 g/mol. The highest BCUT2D eigenvalue weighted by molar-refractivity contribution is 6.35. The molecule has 5 nitrogen and oxygen atoms in total. The number of hydrogen-bond donors (Lipinski definition) is 1. The van der Waals surface area contributed by atoms with Crippen LogP contribution in [0.1, 0.15) is 6.92 Å². The first-order chi connectivity index (χ1) is 14.0. The van der Waals surface area contributed by atoms with Gasteiger partial charge < -0.3 is 14.5 Å². The van der Waals surface area contributed by atoms with Crippen molar-refractivity contribution in [2.75, 3.05) is 5.32 Å². The Morgan fingerprint density at radius 1 is 1.07 bits per heavy atom. The average molecular weight is 427 g/mol. The van der Waals surface area contributed by atoms with Crippen LogP contribution in [0.2, 0.25) is 10.0 Å². The smallest absolute Gasteiger partial charge is 0.265 e. The topological polar surface area (TPSA) is 64.4 Å². The van der Waals surface area contributed by atoms with Gasteiger partial charge in [0.2, 0.25) is 5.89 Å². The summed E-state index contributed by atoms with van der Waals surface area (Å²) in [4.78, 5) is 17.0. The van der Waals surface area contributed by atoms with E-state index in [9.17, 15) is 4.79 Å². The molecule has 1 atom stereocenters. The number of aromatic nitrogens is 1. The fourth-order valence-electron chi connectivity index (χ4n) is 2.78. The van der Waals surface area contributed by atoms with Crippen LogP contribution >= 0.6 is 23.2 Å². The van der Waals surface area contributed by atoms with Crippen LogP contribution in [-0.2, 0) is 4.79 Å². The van der Waals surface area contributed by atoms with Gasteiger partial charge in [0.1, 0.15) is 11.3 Å². The van der Waals surface area contributed by atoms with Gasteiger partial charge in [0, 0.05) is 16.3 Å². The van der Waals surface area contributed by atoms with Gasteiger partial charge in [-0.1, -0.05) is 41.4 Å². The summed E-state index contributed by atoms with van der Waals surface area (Å²) in [6.45, 7) is 1.64. The van der Waals surface area contributed by atoms with E-state index in [0.717, 1.165) is 11.1 Å². The Morgan fingerprint density at radius 2 is 1.90 bits per heavy atom. The predicted octanol–water partition coefficient (Wildman–Crippen LogP) is 6.21. The number of carbonyl (C=O) groups excluding carboxylic acids is 1. The van der Waals surface area contributed by atoms with Gasteiger partial charge in [0.15, 0.2) is 11.7 Å². The molecule has 0 bridgehead atoms. The van der Waals surface area contributed by atoms with Gasteiger partial charge in [-0.2, -0.15) is 0 Å². The van der Waals surface area contributed by atoms with E-state index >= 15 is 0 Å². The molecule has 0 aliphatic heterocycles. The summed E-state index contributed by atoms with van der Waals surface area (Å²) in [6, 6.07) is 19.6. The largest absolute Gasteiger partial charge is 0.479 e. The van der Waals surface area contributed by atoms with E-state index in [-0.39, 0.29) is 5.91 Å². The van der Waals surface area contributed by atoms with E-state index in [2.05, 4.69) is 10.3 Å². The third-order valence-electron chi connectivity index (χ3n) is 4.24. The zero-order valence-corrected chi connectivity index (χ0v) is 16.9. The van der Waals surface area contributed by atoms with Crippen molar-refractivity contribution in [1.29, 1.82) is 0 Å². The molecule has 146 valence electrons. The molecule has 29 heavy (non-hydrogen) atoms. The standard InChI is InChI=1S/C22H16Cl2N2O3/c1-13(28-19-10-9-15(23)12-17(19)24)21(27)25-16-6-4-5-14(11-16)22-26-18-7-2-3-8-20(18)29-22/h2-13H,1H3,(H,25,27)/t13-/m1/s1. The summed E-state index contributed by atoms with van der Waals surface area (Å²) in [5, 5.41) is 3.67. The Morgan fingerprint density at radius 3 is 2.69 bits per heavy atom. The molecule has 7 heteroatoms. The van der Waals surface area contributed by atoms with Crippen LogP contribution in [0, 0.1) is 0 Å². The second-order valence-electron chi connectivity index (χ2n) is 6.39. The number of benzene rings is 3. The molecule has 0 aliphatic carbocycles. The molecule has 1 heterocycles. The lowest BCUT2D eigenvalue weighted by Crippen LogP contribution is -2.30. The van der Waals surface area contributed by atoms with Crippen LogP contribution in [-0.4, -0.2) is 17.0 Å². The van der Waals surface area contributed by atoms with E-state index in [0.29, 0.717) is 33.0 Å². The van der Waals surface area contributed by atoms with Crippen molar-refractivity contribution >= 4 is 45.9 Å². The molecule has 0 fully saturated rings. The molecule has 1 aromatic heterocycles. The van der Waals surface area contributed by atoms with Gasteiger partial charge in [-0.25, -0.2) is 4.98 Å². The quantitative estimate of drug-likeness (QED) is 0.412. The number of carbonyl (C=O) groups is 1. The molecule has 1 N–H and O–H groups in total. The Balaban J connectivity index is 1.49. The highest BCUT2D eigenvalue weighted by Crippen LogP contribution is 2.29. The maximum atomic E-state index is 12.5. The Hall–Kier alpha value is -3.02. The van der Waals surface area contributed by atoms with E-state index in [4.69, 9.17) is 32.4 Å². The number of hydrogen-bond acceptors (Lipinski definition) is 4. The lowest BCUT2D eigenvalue weighted by Gasteiger charge is -2.16. The molecule has 3 aromatic carbocycles. The number of nitrogens with zero attached hydrogens (tertiary/aromatic N) is 1. The van der Waals surface area contributed by atoms with E-state index in [1.165, 1.54) is 0 Å². The van der Waals surface area contributed by atoms with Gasteiger partial charge >= 0.3 is 0 Å². The minimum absolute atomic E-state index is 0.314. The molecule has 0 aliphatic rings. The molecule has 0 unspecified atom stereocenters. The fourth-order valence-corrected chi connectivity index (χ4v) is 3.24. The summed E-state index contributed by atoms with van der Waals surface area (Å²) in [7, 11) is 0. The zero-order valence-electron chi connectivity index (χ0n) is 15.4. The van der Waals surface area contributed by atoms with Crippen LogP contribution in [0.15, 0.2) is 71.1 Å². The van der Waals surface area contributed by atoms with Crippen molar-refractivity contribution in [1.82, 2.24) is 4.98 Å². The monoisotopic (exact) mass is 426 g/mol. The average Bonchev–Trinajstić information content (AvgIpc) is 3.14. The van der Waals surface area contributed by atoms with Gasteiger partial charge in [-0.05, 0) is 55.5 Å². The SMILES string of the molecule is C[C@@H](Oc1ccc(Cl)cc1Cl)C(=O)Nc1cccc(-c2nc3ccccc3o2)c1. The van der Waals surface area contributed by atoms with Crippen molar-refractivity contribution in [2.24, 2.45) is 0 Å². The fraction of sp³-hybridized carbons (Fsp3) is 0.0909. The number of oxazole rings is 1. The maximum absolute atomic E-state index is 12.5. The lowest BCUT2D eigenvalue weighted by molar-refractivity contribution is -0.122. The first kappa shape index (κ1) is 19.3. The zero-order chi connectivity index (χ0) is 20.4. The Labute approximate surface area is 177 Å². The second-order valence-corrected chi connectivity index (χ2v) is 7.24. The molecule has 4 aromatic rings.